The van der Waals surface area contributed by atoms with Crippen molar-refractivity contribution in [3.05, 3.63) is 33.6 Å². The second kappa shape index (κ2) is 7.13. The SMILES string of the molecule is CC(N)C(C)C(=O)N1CCOC(c2cc(F)c(Cl)cc2Cl)C1. The van der Waals surface area contributed by atoms with Crippen LogP contribution < -0.4 is 5.73 Å². The minimum Gasteiger partial charge on any atom is -0.370 e. The summed E-state index contributed by atoms with van der Waals surface area (Å²) in [7, 11) is 0. The molecule has 0 aromatic heterocycles. The Bertz CT molecular complexity index is 569. The van der Waals surface area contributed by atoms with Crippen molar-refractivity contribution in [2.24, 2.45) is 11.7 Å². The van der Waals surface area contributed by atoms with E-state index >= 15 is 0 Å². The summed E-state index contributed by atoms with van der Waals surface area (Å²) in [6, 6.07) is 2.38. The Labute approximate surface area is 139 Å². The molecule has 122 valence electrons. The monoisotopic (exact) mass is 348 g/mol. The maximum absolute atomic E-state index is 13.7. The molecular formula is C15H19Cl2FN2O2. The van der Waals surface area contributed by atoms with E-state index in [-0.39, 0.29) is 22.9 Å². The number of nitrogens with two attached hydrogens (primary N) is 1. The Morgan fingerprint density at radius 1 is 1.41 bits per heavy atom. The lowest BCUT2D eigenvalue weighted by Gasteiger charge is -2.35. The van der Waals surface area contributed by atoms with Gasteiger partial charge in [0.1, 0.15) is 11.9 Å². The van der Waals surface area contributed by atoms with Gasteiger partial charge in [0, 0.05) is 23.2 Å². The Morgan fingerprint density at radius 2 is 2.09 bits per heavy atom. The molecule has 2 N–H and O–H groups in total. The van der Waals surface area contributed by atoms with E-state index < -0.39 is 11.9 Å². The number of carbonyl (C=O) groups excluding carboxylic acids is 1. The normalized spacial score (nSPS) is 21.5. The number of carbonyl (C=O) groups is 1. The molecule has 1 fully saturated rings. The molecule has 0 saturated carbocycles. The first-order valence-corrected chi connectivity index (χ1v) is 7.87. The number of rotatable bonds is 3. The summed E-state index contributed by atoms with van der Waals surface area (Å²) in [6.07, 6.45) is -0.475. The quantitative estimate of drug-likeness (QED) is 0.854. The zero-order valence-electron chi connectivity index (χ0n) is 12.5. The minimum absolute atomic E-state index is 0.0335. The molecule has 4 nitrogen and oxygen atoms in total. The highest BCUT2D eigenvalue weighted by Crippen LogP contribution is 2.32. The second-order valence-electron chi connectivity index (χ2n) is 5.58. The van der Waals surface area contributed by atoms with Gasteiger partial charge >= 0.3 is 0 Å². The van der Waals surface area contributed by atoms with Crippen molar-refractivity contribution < 1.29 is 13.9 Å². The molecule has 1 aliphatic rings. The van der Waals surface area contributed by atoms with Crippen LogP contribution in [-0.4, -0.2) is 36.5 Å². The summed E-state index contributed by atoms with van der Waals surface area (Å²) in [6.45, 7) is 4.76. The molecule has 1 amide bonds. The van der Waals surface area contributed by atoms with Crippen LogP contribution >= 0.6 is 23.2 Å². The maximum atomic E-state index is 13.7. The van der Waals surface area contributed by atoms with Gasteiger partial charge in [-0.1, -0.05) is 30.1 Å². The van der Waals surface area contributed by atoms with E-state index in [4.69, 9.17) is 33.7 Å². The molecule has 1 saturated heterocycles. The van der Waals surface area contributed by atoms with Gasteiger partial charge in [-0.25, -0.2) is 4.39 Å². The summed E-state index contributed by atoms with van der Waals surface area (Å²) in [5, 5.41) is 0.286. The number of hydrogen-bond acceptors (Lipinski definition) is 3. The highest BCUT2D eigenvalue weighted by molar-refractivity contribution is 6.35. The van der Waals surface area contributed by atoms with Crippen LogP contribution in [0.25, 0.3) is 0 Å². The van der Waals surface area contributed by atoms with Crippen molar-refractivity contribution >= 4 is 29.1 Å². The predicted octanol–water partition coefficient (Wildman–Crippen LogP) is 3.02. The third-order valence-electron chi connectivity index (χ3n) is 3.94. The summed E-state index contributed by atoms with van der Waals surface area (Å²) in [5.41, 5.74) is 6.28. The lowest BCUT2D eigenvalue weighted by atomic mass is 10.0. The van der Waals surface area contributed by atoms with Gasteiger partial charge in [0.05, 0.1) is 24.1 Å². The fourth-order valence-electron chi connectivity index (χ4n) is 2.34. The van der Waals surface area contributed by atoms with Crippen molar-refractivity contribution in [1.82, 2.24) is 4.90 Å². The Hall–Kier alpha value is -0.880. The van der Waals surface area contributed by atoms with Gasteiger partial charge in [-0.2, -0.15) is 0 Å². The lowest BCUT2D eigenvalue weighted by Crippen LogP contribution is -2.47. The summed E-state index contributed by atoms with van der Waals surface area (Å²) < 4.78 is 19.3. The average molecular weight is 349 g/mol. The molecule has 22 heavy (non-hydrogen) atoms. The number of ether oxygens (including phenoxy) is 1. The fourth-order valence-corrected chi connectivity index (χ4v) is 2.84. The topological polar surface area (TPSA) is 55.6 Å². The van der Waals surface area contributed by atoms with Gasteiger partial charge in [0.2, 0.25) is 5.91 Å². The largest absolute Gasteiger partial charge is 0.370 e. The van der Waals surface area contributed by atoms with Gasteiger partial charge in [-0.05, 0) is 19.1 Å². The van der Waals surface area contributed by atoms with E-state index in [1.165, 1.54) is 12.1 Å². The van der Waals surface area contributed by atoms with E-state index in [1.54, 1.807) is 18.7 Å². The predicted molar refractivity (Wildman–Crippen MR) is 84.5 cm³/mol. The Balaban J connectivity index is 2.17. The molecule has 0 spiro atoms. The zero-order valence-corrected chi connectivity index (χ0v) is 14.0. The molecule has 1 aromatic carbocycles. The molecule has 2 rings (SSSR count). The van der Waals surface area contributed by atoms with Crippen LogP contribution in [0.4, 0.5) is 4.39 Å². The average Bonchev–Trinajstić information content (AvgIpc) is 2.49. The maximum Gasteiger partial charge on any atom is 0.227 e. The third kappa shape index (κ3) is 3.71. The van der Waals surface area contributed by atoms with E-state index in [0.29, 0.717) is 30.3 Å². The smallest absolute Gasteiger partial charge is 0.227 e. The lowest BCUT2D eigenvalue weighted by molar-refractivity contribution is -0.143. The number of nitrogens with zero attached hydrogens (tertiary/aromatic N) is 1. The first-order chi connectivity index (χ1) is 10.3. The van der Waals surface area contributed by atoms with Gasteiger partial charge in [0.15, 0.2) is 0 Å². The van der Waals surface area contributed by atoms with Crippen LogP contribution in [0.1, 0.15) is 25.5 Å². The van der Waals surface area contributed by atoms with Crippen molar-refractivity contribution in [2.45, 2.75) is 26.0 Å². The molecule has 0 bridgehead atoms. The number of hydrogen-bond donors (Lipinski definition) is 1. The van der Waals surface area contributed by atoms with Gasteiger partial charge in [-0.3, -0.25) is 4.79 Å². The summed E-state index contributed by atoms with van der Waals surface area (Å²) in [4.78, 5) is 14.1. The zero-order chi connectivity index (χ0) is 16.4. The van der Waals surface area contributed by atoms with Gasteiger partial charge in [0.25, 0.3) is 0 Å². The molecule has 1 aliphatic heterocycles. The fraction of sp³-hybridized carbons (Fsp3) is 0.533. The minimum atomic E-state index is -0.558. The number of halogens is 3. The van der Waals surface area contributed by atoms with Crippen molar-refractivity contribution in [3.8, 4) is 0 Å². The number of amides is 1. The molecule has 0 aliphatic carbocycles. The molecule has 0 radical (unpaired) electrons. The van der Waals surface area contributed by atoms with Crippen molar-refractivity contribution in [1.29, 1.82) is 0 Å². The van der Waals surface area contributed by atoms with Gasteiger partial charge < -0.3 is 15.4 Å². The molecular weight excluding hydrogens is 330 g/mol. The van der Waals surface area contributed by atoms with E-state index in [1.807, 2.05) is 0 Å². The molecule has 3 unspecified atom stereocenters. The van der Waals surface area contributed by atoms with Crippen LogP contribution in [0.5, 0.6) is 0 Å². The first-order valence-electron chi connectivity index (χ1n) is 7.11. The third-order valence-corrected chi connectivity index (χ3v) is 4.56. The van der Waals surface area contributed by atoms with Crippen LogP contribution in [-0.2, 0) is 9.53 Å². The van der Waals surface area contributed by atoms with Crippen molar-refractivity contribution in [3.63, 3.8) is 0 Å². The molecule has 1 heterocycles. The van der Waals surface area contributed by atoms with E-state index in [0.717, 1.165) is 0 Å². The Morgan fingerprint density at radius 3 is 2.73 bits per heavy atom. The molecule has 7 heteroatoms. The second-order valence-corrected chi connectivity index (χ2v) is 6.39. The highest BCUT2D eigenvalue weighted by atomic mass is 35.5. The van der Waals surface area contributed by atoms with Crippen LogP contribution in [0.3, 0.4) is 0 Å². The van der Waals surface area contributed by atoms with Crippen LogP contribution in [0.15, 0.2) is 12.1 Å². The standard InChI is InChI=1S/C15H19Cl2FN2O2/c1-8(9(2)19)15(21)20-3-4-22-14(7-20)10-5-13(18)12(17)6-11(10)16/h5-6,8-9,14H,3-4,7,19H2,1-2H3. The number of benzene rings is 1. The Kier molecular flexibility index (Phi) is 5.66. The van der Waals surface area contributed by atoms with Gasteiger partial charge in [-0.15, -0.1) is 0 Å². The number of morpholine rings is 1. The summed E-state index contributed by atoms with van der Waals surface area (Å²) in [5.74, 6) is -0.873. The van der Waals surface area contributed by atoms with Crippen molar-refractivity contribution in [2.75, 3.05) is 19.7 Å². The van der Waals surface area contributed by atoms with E-state index in [2.05, 4.69) is 0 Å². The molecule has 3 atom stereocenters. The first kappa shape index (κ1) is 17.5. The van der Waals surface area contributed by atoms with Crippen LogP contribution in [0, 0.1) is 11.7 Å². The molecule has 1 aromatic rings. The van der Waals surface area contributed by atoms with Crippen LogP contribution in [0.2, 0.25) is 10.0 Å². The van der Waals surface area contributed by atoms with E-state index in [9.17, 15) is 9.18 Å². The highest BCUT2D eigenvalue weighted by Gasteiger charge is 2.30. The summed E-state index contributed by atoms with van der Waals surface area (Å²) >= 11 is 11.8.